The Bertz CT molecular complexity index is 423. The summed E-state index contributed by atoms with van der Waals surface area (Å²) in [6.07, 6.45) is 0. The lowest BCUT2D eigenvalue weighted by molar-refractivity contribution is 0.407. The quantitative estimate of drug-likeness (QED) is 0.869. The highest BCUT2D eigenvalue weighted by Gasteiger charge is 2.56. The zero-order valence-corrected chi connectivity index (χ0v) is 11.4. The molecule has 1 fully saturated rings. The van der Waals surface area contributed by atoms with Crippen LogP contribution in [-0.2, 0) is 0 Å². The molecule has 2 rings (SSSR count). The van der Waals surface area contributed by atoms with Crippen LogP contribution < -0.4 is 10.5 Å². The average Bonchev–Trinajstić information content (AvgIpc) is 2.77. The van der Waals surface area contributed by atoms with Crippen LogP contribution in [0.2, 0.25) is 0 Å². The van der Waals surface area contributed by atoms with Crippen molar-refractivity contribution in [3.63, 3.8) is 0 Å². The maximum atomic E-state index is 6.14. The molecule has 1 saturated carbocycles. The fraction of sp³-hybridized carbons (Fsp3) is 0.600. The summed E-state index contributed by atoms with van der Waals surface area (Å²) in [6.45, 7) is 8.86. The van der Waals surface area contributed by atoms with Crippen molar-refractivity contribution in [1.29, 1.82) is 0 Å². The van der Waals surface area contributed by atoms with Crippen LogP contribution in [0, 0.1) is 5.41 Å². The number of rotatable bonds is 3. The molecule has 2 unspecified atom stereocenters. The van der Waals surface area contributed by atoms with E-state index in [9.17, 15) is 0 Å². The van der Waals surface area contributed by atoms with Crippen molar-refractivity contribution in [3.8, 4) is 5.75 Å². The Morgan fingerprint density at radius 2 is 1.88 bits per heavy atom. The molecule has 0 heterocycles. The van der Waals surface area contributed by atoms with Crippen LogP contribution in [0.3, 0.4) is 0 Å². The lowest BCUT2D eigenvalue weighted by atomic mass is 9.95. The Hall–Kier alpha value is -1.02. The molecule has 2 atom stereocenters. The van der Waals surface area contributed by atoms with Crippen molar-refractivity contribution in [1.82, 2.24) is 0 Å². The molecule has 2 heteroatoms. The normalized spacial score (nSPS) is 26.1. The first kappa shape index (κ1) is 12.4. The second-order valence-electron chi connectivity index (χ2n) is 5.98. The average molecular weight is 233 g/mol. The van der Waals surface area contributed by atoms with Crippen molar-refractivity contribution in [2.75, 3.05) is 7.11 Å². The van der Waals surface area contributed by atoms with Crippen LogP contribution in [0.15, 0.2) is 18.2 Å². The van der Waals surface area contributed by atoms with Gasteiger partial charge in [0, 0.05) is 12.0 Å². The maximum Gasteiger partial charge on any atom is 0.122 e. The SMILES string of the molecule is COc1ccc(C2C(N)C2(C)C)cc1C(C)C. The maximum absolute atomic E-state index is 6.14. The molecule has 94 valence electrons. The Balaban J connectivity index is 2.36. The number of hydrogen-bond donors (Lipinski definition) is 1. The molecule has 2 N–H and O–H groups in total. The van der Waals surface area contributed by atoms with Crippen molar-refractivity contribution >= 4 is 0 Å². The molecule has 0 radical (unpaired) electrons. The van der Waals surface area contributed by atoms with Gasteiger partial charge in [0.2, 0.25) is 0 Å². The first-order valence-electron chi connectivity index (χ1n) is 6.33. The molecule has 2 nitrogen and oxygen atoms in total. The molecule has 0 saturated heterocycles. The fourth-order valence-corrected chi connectivity index (χ4v) is 2.71. The number of methoxy groups -OCH3 is 1. The van der Waals surface area contributed by atoms with E-state index in [-0.39, 0.29) is 11.5 Å². The van der Waals surface area contributed by atoms with E-state index in [4.69, 9.17) is 10.5 Å². The van der Waals surface area contributed by atoms with Crippen molar-refractivity contribution in [2.24, 2.45) is 11.1 Å². The van der Waals surface area contributed by atoms with Gasteiger partial charge in [-0.3, -0.25) is 0 Å². The Labute approximate surface area is 104 Å². The zero-order valence-electron chi connectivity index (χ0n) is 11.4. The molecule has 1 aromatic rings. The highest BCUT2D eigenvalue weighted by atomic mass is 16.5. The molecule has 0 spiro atoms. The number of ether oxygens (including phenoxy) is 1. The van der Waals surface area contributed by atoms with Crippen LogP contribution >= 0.6 is 0 Å². The highest BCUT2D eigenvalue weighted by Crippen LogP contribution is 2.57. The molecule has 1 aromatic carbocycles. The molecule has 0 aromatic heterocycles. The number of nitrogens with two attached hydrogens (primary N) is 1. The summed E-state index contributed by atoms with van der Waals surface area (Å²) in [4.78, 5) is 0. The Morgan fingerprint density at radius 3 is 2.29 bits per heavy atom. The first-order valence-corrected chi connectivity index (χ1v) is 6.33. The van der Waals surface area contributed by atoms with E-state index >= 15 is 0 Å². The summed E-state index contributed by atoms with van der Waals surface area (Å²) < 4.78 is 5.41. The summed E-state index contributed by atoms with van der Waals surface area (Å²) in [6, 6.07) is 6.79. The minimum Gasteiger partial charge on any atom is -0.496 e. The lowest BCUT2D eigenvalue weighted by Gasteiger charge is -2.14. The van der Waals surface area contributed by atoms with E-state index < -0.39 is 0 Å². The standard InChI is InChI=1S/C15H23NO/c1-9(2)11-8-10(6-7-12(11)17-5)13-14(16)15(13,3)4/h6-9,13-14H,16H2,1-5H3. The zero-order chi connectivity index (χ0) is 12.8. The second-order valence-corrected chi connectivity index (χ2v) is 5.98. The summed E-state index contributed by atoms with van der Waals surface area (Å²) in [7, 11) is 1.73. The lowest BCUT2D eigenvalue weighted by Crippen LogP contribution is -2.06. The third kappa shape index (κ3) is 1.95. The topological polar surface area (TPSA) is 35.2 Å². The minimum absolute atomic E-state index is 0.239. The Morgan fingerprint density at radius 1 is 1.29 bits per heavy atom. The molecule has 1 aliphatic carbocycles. The number of hydrogen-bond acceptors (Lipinski definition) is 2. The van der Waals surface area contributed by atoms with E-state index in [1.54, 1.807) is 7.11 Å². The third-order valence-corrected chi connectivity index (χ3v) is 4.15. The van der Waals surface area contributed by atoms with Crippen LogP contribution in [0.5, 0.6) is 5.75 Å². The van der Waals surface area contributed by atoms with E-state index in [0.29, 0.717) is 11.8 Å². The molecule has 0 bridgehead atoms. The van der Waals surface area contributed by atoms with Gasteiger partial charge in [-0.2, -0.15) is 0 Å². The van der Waals surface area contributed by atoms with E-state index in [1.165, 1.54) is 11.1 Å². The number of benzene rings is 1. The van der Waals surface area contributed by atoms with Crippen LogP contribution in [0.4, 0.5) is 0 Å². The largest absolute Gasteiger partial charge is 0.496 e. The molecular formula is C15H23NO. The third-order valence-electron chi connectivity index (χ3n) is 4.15. The molecule has 1 aliphatic rings. The predicted octanol–water partition coefficient (Wildman–Crippen LogP) is 3.27. The van der Waals surface area contributed by atoms with Gasteiger partial charge >= 0.3 is 0 Å². The van der Waals surface area contributed by atoms with Gasteiger partial charge in [0.05, 0.1) is 7.11 Å². The van der Waals surface area contributed by atoms with E-state index in [2.05, 4.69) is 45.9 Å². The Kier molecular flexibility index (Phi) is 2.94. The van der Waals surface area contributed by atoms with Gasteiger partial charge in [-0.15, -0.1) is 0 Å². The van der Waals surface area contributed by atoms with Gasteiger partial charge in [-0.1, -0.05) is 39.8 Å². The highest BCUT2D eigenvalue weighted by molar-refractivity contribution is 5.44. The first-order chi connectivity index (χ1) is 7.89. The molecule has 0 aliphatic heterocycles. The van der Waals surface area contributed by atoms with Gasteiger partial charge in [-0.25, -0.2) is 0 Å². The van der Waals surface area contributed by atoms with Gasteiger partial charge < -0.3 is 10.5 Å². The van der Waals surface area contributed by atoms with Crippen molar-refractivity contribution in [3.05, 3.63) is 29.3 Å². The van der Waals surface area contributed by atoms with Crippen molar-refractivity contribution < 1.29 is 4.74 Å². The second kappa shape index (κ2) is 4.02. The van der Waals surface area contributed by atoms with Gasteiger partial charge in [0.1, 0.15) is 5.75 Å². The van der Waals surface area contributed by atoms with Crippen LogP contribution in [-0.4, -0.2) is 13.2 Å². The van der Waals surface area contributed by atoms with Gasteiger partial charge in [0.15, 0.2) is 0 Å². The minimum atomic E-state index is 0.239. The summed E-state index contributed by atoms with van der Waals surface area (Å²) >= 11 is 0. The smallest absolute Gasteiger partial charge is 0.122 e. The van der Waals surface area contributed by atoms with Crippen LogP contribution in [0.25, 0.3) is 0 Å². The molecule has 0 amide bonds. The summed E-state index contributed by atoms with van der Waals surface area (Å²) in [5, 5.41) is 0. The predicted molar refractivity (Wildman–Crippen MR) is 71.6 cm³/mol. The van der Waals surface area contributed by atoms with E-state index in [1.807, 2.05) is 0 Å². The molecule has 17 heavy (non-hydrogen) atoms. The molecular weight excluding hydrogens is 210 g/mol. The van der Waals surface area contributed by atoms with Gasteiger partial charge in [0.25, 0.3) is 0 Å². The van der Waals surface area contributed by atoms with Gasteiger partial charge in [-0.05, 0) is 28.5 Å². The fourth-order valence-electron chi connectivity index (χ4n) is 2.71. The summed E-state index contributed by atoms with van der Waals surface area (Å²) in [5.41, 5.74) is 9.01. The van der Waals surface area contributed by atoms with Crippen molar-refractivity contribution in [2.45, 2.75) is 45.6 Å². The van der Waals surface area contributed by atoms with E-state index in [0.717, 1.165) is 5.75 Å². The van der Waals surface area contributed by atoms with Crippen LogP contribution in [0.1, 0.15) is 50.7 Å². The monoisotopic (exact) mass is 233 g/mol. The summed E-state index contributed by atoms with van der Waals surface area (Å²) in [5.74, 6) is 1.95.